The lowest BCUT2D eigenvalue weighted by atomic mass is 9.96. The molecule has 184 valence electrons. The number of aromatic nitrogens is 2. The molecule has 36 heavy (non-hydrogen) atoms. The average Bonchev–Trinajstić information content (AvgIpc) is 3.19. The van der Waals surface area contributed by atoms with Crippen LogP contribution in [-0.2, 0) is 14.3 Å². The second kappa shape index (κ2) is 8.00. The summed E-state index contributed by atoms with van der Waals surface area (Å²) >= 11 is 0. The number of H-pyrrole nitrogens is 1. The van der Waals surface area contributed by atoms with E-state index in [0.29, 0.717) is 26.2 Å². The summed E-state index contributed by atoms with van der Waals surface area (Å²) in [6, 6.07) is 12.7. The van der Waals surface area contributed by atoms with Crippen LogP contribution in [0.1, 0.15) is 36.8 Å². The maximum absolute atomic E-state index is 13.4. The average molecular weight is 484 g/mol. The zero-order valence-corrected chi connectivity index (χ0v) is 20.4. The molecule has 3 aliphatic heterocycles. The Kier molecular flexibility index (Phi) is 4.83. The van der Waals surface area contributed by atoms with Gasteiger partial charge in [-0.25, -0.2) is 0 Å². The second-order valence-electron chi connectivity index (χ2n) is 10.7. The van der Waals surface area contributed by atoms with Crippen LogP contribution in [-0.4, -0.2) is 75.5 Å². The highest BCUT2D eigenvalue weighted by Gasteiger charge is 2.58. The number of aryl methyl sites for hydroxylation is 1. The lowest BCUT2D eigenvalue weighted by molar-refractivity contribution is -0.148. The number of carbonyl (C=O) groups excluding carboxylic acids is 2. The molecule has 2 amide bonds. The van der Waals surface area contributed by atoms with Crippen molar-refractivity contribution in [1.82, 2.24) is 20.0 Å². The zero-order chi connectivity index (χ0) is 24.4. The lowest BCUT2D eigenvalue weighted by Crippen LogP contribution is -2.57. The minimum Gasteiger partial charge on any atom is -0.368 e. The highest BCUT2D eigenvalue weighted by Crippen LogP contribution is 2.46. The van der Waals surface area contributed by atoms with Gasteiger partial charge in [-0.1, -0.05) is 24.3 Å². The van der Waals surface area contributed by atoms with Crippen molar-refractivity contribution in [2.24, 2.45) is 10.9 Å². The molecule has 1 aliphatic carbocycles. The molecule has 2 saturated heterocycles. The zero-order valence-electron chi connectivity index (χ0n) is 20.4. The summed E-state index contributed by atoms with van der Waals surface area (Å²) in [6.07, 6.45) is 4.97. The van der Waals surface area contributed by atoms with Crippen molar-refractivity contribution >= 4 is 28.6 Å². The van der Waals surface area contributed by atoms with E-state index in [9.17, 15) is 9.59 Å². The van der Waals surface area contributed by atoms with E-state index < -0.39 is 5.54 Å². The van der Waals surface area contributed by atoms with Crippen molar-refractivity contribution in [1.29, 1.82) is 0 Å². The van der Waals surface area contributed by atoms with E-state index in [0.717, 1.165) is 64.7 Å². The number of benzene rings is 2. The molecule has 4 heterocycles. The molecular formula is C28H29N5O3. The molecule has 8 heteroatoms. The Morgan fingerprint density at radius 3 is 2.72 bits per heavy atom. The summed E-state index contributed by atoms with van der Waals surface area (Å²) in [5.41, 5.74) is 4.82. The van der Waals surface area contributed by atoms with Crippen molar-refractivity contribution in [2.75, 3.05) is 26.2 Å². The van der Waals surface area contributed by atoms with Crippen LogP contribution in [0.4, 0.5) is 0 Å². The van der Waals surface area contributed by atoms with Crippen LogP contribution >= 0.6 is 0 Å². The van der Waals surface area contributed by atoms with Crippen LogP contribution in [0.25, 0.3) is 22.0 Å². The topological polar surface area (TPSA) is 90.9 Å². The van der Waals surface area contributed by atoms with Crippen LogP contribution in [0.5, 0.6) is 0 Å². The van der Waals surface area contributed by atoms with E-state index in [4.69, 9.17) is 9.73 Å². The molecule has 1 aromatic heterocycles. The molecule has 1 saturated carbocycles. The van der Waals surface area contributed by atoms with Gasteiger partial charge in [0.25, 0.3) is 11.8 Å². The number of nitrogens with zero attached hydrogens (tertiary/aromatic N) is 4. The number of hydrogen-bond acceptors (Lipinski definition) is 5. The molecule has 3 aromatic rings. The number of amidine groups is 1. The summed E-state index contributed by atoms with van der Waals surface area (Å²) < 4.78 is 5.56. The van der Waals surface area contributed by atoms with Crippen molar-refractivity contribution in [3.63, 3.8) is 0 Å². The fourth-order valence-electron chi connectivity index (χ4n) is 5.79. The number of aromatic amines is 1. The first kappa shape index (κ1) is 21.7. The van der Waals surface area contributed by atoms with E-state index in [1.165, 1.54) is 0 Å². The van der Waals surface area contributed by atoms with Gasteiger partial charge in [0, 0.05) is 43.1 Å². The molecule has 0 bridgehead atoms. The van der Waals surface area contributed by atoms with E-state index in [-0.39, 0.29) is 23.8 Å². The maximum Gasteiger partial charge on any atom is 0.256 e. The fraction of sp³-hybridized carbons (Fsp3) is 0.429. The first-order valence-electron chi connectivity index (χ1n) is 12.9. The normalized spacial score (nSPS) is 23.0. The third-order valence-corrected chi connectivity index (χ3v) is 8.10. The van der Waals surface area contributed by atoms with Crippen LogP contribution < -0.4 is 0 Å². The Bertz CT molecular complexity index is 1410. The SMILES string of the molecule is Cc1cc(-c2ccc3[nH]ncc3c2)ccc1C1=NC2(CC2)C(=O)N1CC1CN(C(=O)C2CCCO2)C1. The quantitative estimate of drug-likeness (QED) is 0.603. The summed E-state index contributed by atoms with van der Waals surface area (Å²) in [6.45, 7) is 4.72. The number of ether oxygens (including phenoxy) is 1. The summed E-state index contributed by atoms with van der Waals surface area (Å²) in [5.74, 6) is 1.27. The number of rotatable bonds is 5. The molecule has 1 unspecified atom stereocenters. The highest BCUT2D eigenvalue weighted by atomic mass is 16.5. The molecule has 0 radical (unpaired) electrons. The van der Waals surface area contributed by atoms with Gasteiger partial charge < -0.3 is 9.64 Å². The molecule has 3 fully saturated rings. The molecule has 1 N–H and O–H groups in total. The molecular weight excluding hydrogens is 454 g/mol. The largest absolute Gasteiger partial charge is 0.368 e. The molecule has 4 aliphatic rings. The number of amides is 2. The second-order valence-corrected chi connectivity index (χ2v) is 10.7. The minimum atomic E-state index is -0.552. The van der Waals surface area contributed by atoms with Crippen LogP contribution in [0.3, 0.4) is 0 Å². The predicted molar refractivity (Wildman–Crippen MR) is 136 cm³/mol. The molecule has 2 aromatic carbocycles. The van der Waals surface area contributed by atoms with Crippen molar-refractivity contribution in [3.8, 4) is 11.1 Å². The number of likely N-dealkylation sites (tertiary alicyclic amines) is 1. The van der Waals surface area contributed by atoms with Gasteiger partial charge in [0.15, 0.2) is 0 Å². The Labute approximate surface area is 209 Å². The number of nitrogens with one attached hydrogen (secondary N) is 1. The van der Waals surface area contributed by atoms with Gasteiger partial charge >= 0.3 is 0 Å². The number of aliphatic imine (C=N–C) groups is 1. The lowest BCUT2D eigenvalue weighted by Gasteiger charge is -2.42. The van der Waals surface area contributed by atoms with Gasteiger partial charge in [-0.2, -0.15) is 5.10 Å². The van der Waals surface area contributed by atoms with E-state index in [2.05, 4.69) is 47.5 Å². The Morgan fingerprint density at radius 1 is 1.17 bits per heavy atom. The third kappa shape index (κ3) is 3.46. The van der Waals surface area contributed by atoms with Gasteiger partial charge in [0.2, 0.25) is 0 Å². The fourth-order valence-corrected chi connectivity index (χ4v) is 5.79. The molecule has 8 nitrogen and oxygen atoms in total. The Balaban J connectivity index is 1.11. The number of hydrogen-bond donors (Lipinski definition) is 1. The van der Waals surface area contributed by atoms with Crippen LogP contribution in [0.2, 0.25) is 0 Å². The van der Waals surface area contributed by atoms with Gasteiger partial charge in [-0.05, 0) is 61.4 Å². The first-order chi connectivity index (χ1) is 17.5. The molecule has 1 atom stereocenters. The van der Waals surface area contributed by atoms with E-state index >= 15 is 0 Å². The van der Waals surface area contributed by atoms with Gasteiger partial charge in [-0.15, -0.1) is 0 Å². The molecule has 7 rings (SSSR count). The van der Waals surface area contributed by atoms with E-state index in [1.54, 1.807) is 0 Å². The Hall–Kier alpha value is -3.52. The number of carbonyl (C=O) groups is 2. The number of fused-ring (bicyclic) bond motifs is 1. The third-order valence-electron chi connectivity index (χ3n) is 8.10. The summed E-state index contributed by atoms with van der Waals surface area (Å²) in [7, 11) is 0. The van der Waals surface area contributed by atoms with Crippen molar-refractivity contribution in [3.05, 3.63) is 53.7 Å². The summed E-state index contributed by atoms with van der Waals surface area (Å²) in [4.78, 5) is 34.7. The smallest absolute Gasteiger partial charge is 0.256 e. The van der Waals surface area contributed by atoms with Crippen LogP contribution in [0, 0.1) is 12.8 Å². The van der Waals surface area contributed by atoms with Gasteiger partial charge in [0.05, 0.1) is 11.7 Å². The Morgan fingerprint density at radius 2 is 1.97 bits per heavy atom. The maximum atomic E-state index is 13.4. The van der Waals surface area contributed by atoms with Crippen molar-refractivity contribution in [2.45, 2.75) is 44.2 Å². The van der Waals surface area contributed by atoms with Gasteiger partial charge in [0.1, 0.15) is 17.5 Å². The van der Waals surface area contributed by atoms with Crippen LogP contribution in [0.15, 0.2) is 47.6 Å². The highest BCUT2D eigenvalue weighted by molar-refractivity contribution is 6.17. The summed E-state index contributed by atoms with van der Waals surface area (Å²) in [5, 5.41) is 8.19. The van der Waals surface area contributed by atoms with Crippen molar-refractivity contribution < 1.29 is 14.3 Å². The molecule has 1 spiro atoms. The van der Waals surface area contributed by atoms with E-state index in [1.807, 2.05) is 22.1 Å². The monoisotopic (exact) mass is 483 g/mol. The first-order valence-corrected chi connectivity index (χ1v) is 12.9. The standard InChI is InChI=1S/C28H29N5O3/c1-17-11-19(20-5-7-23-21(12-20)13-29-31-23)4-6-22(17)25-30-28(8-9-28)27(35)33(25)16-18-14-32(15-18)26(34)24-3-2-10-36-24/h4-7,11-13,18,24H,2-3,8-10,14-16H2,1H3,(H,29,31). The minimum absolute atomic E-state index is 0.101. The predicted octanol–water partition coefficient (Wildman–Crippen LogP) is 3.30. The van der Waals surface area contributed by atoms with Gasteiger partial charge in [-0.3, -0.25) is 24.6 Å².